The highest BCUT2D eigenvalue weighted by Crippen LogP contribution is 2.35. The lowest BCUT2D eigenvalue weighted by molar-refractivity contribution is 0.628. The lowest BCUT2D eigenvalue weighted by Crippen LogP contribution is -1.93. The molecule has 0 N–H and O–H groups in total. The molecule has 0 aliphatic carbocycles. The van der Waals surface area contributed by atoms with Gasteiger partial charge in [0.25, 0.3) is 0 Å². The van der Waals surface area contributed by atoms with Gasteiger partial charge in [0.05, 0.1) is 5.52 Å². The Morgan fingerprint density at radius 3 is 2.31 bits per heavy atom. The van der Waals surface area contributed by atoms with Crippen LogP contribution in [0.1, 0.15) is 5.69 Å². The molecule has 0 spiro atoms. The van der Waals surface area contributed by atoms with E-state index in [9.17, 15) is 9.65 Å². The zero-order valence-electron chi connectivity index (χ0n) is 13.9. The number of alkyl halides is 1. The molecule has 0 bridgehead atoms. The maximum Gasteiger partial charge on any atom is 0.142 e. The van der Waals surface area contributed by atoms with Crippen LogP contribution < -0.4 is 0 Å². The molecule has 0 saturated heterocycles. The Labute approximate surface area is 164 Å². The quantitative estimate of drug-likeness (QED) is 0.311. The van der Waals surface area contributed by atoms with Crippen molar-refractivity contribution in [3.63, 3.8) is 0 Å². The van der Waals surface area contributed by atoms with Crippen LogP contribution in [0.4, 0.5) is 4.39 Å². The van der Waals surface area contributed by atoms with Crippen LogP contribution in [0.2, 0.25) is 0 Å². The summed E-state index contributed by atoms with van der Waals surface area (Å²) < 4.78 is 14.9. The van der Waals surface area contributed by atoms with Gasteiger partial charge >= 0.3 is 0 Å². The number of nitrogens with zero attached hydrogens (tertiary/aromatic N) is 4. The van der Waals surface area contributed by atoms with E-state index < -0.39 is 0 Å². The first-order chi connectivity index (χ1) is 12.8. The van der Waals surface area contributed by atoms with Crippen molar-refractivity contribution in [3.05, 3.63) is 78.5 Å². The Kier molecular flexibility index (Phi) is 5.58. The van der Waals surface area contributed by atoms with E-state index >= 15 is 0 Å². The van der Waals surface area contributed by atoms with Crippen molar-refractivity contribution in [2.75, 3.05) is 4.93 Å². The van der Waals surface area contributed by atoms with Crippen molar-refractivity contribution in [1.82, 2.24) is 14.6 Å². The summed E-state index contributed by atoms with van der Waals surface area (Å²) in [6.07, 6.45) is 3.42. The summed E-state index contributed by atoms with van der Waals surface area (Å²) in [7, 11) is 0. The number of pyridine rings is 2. The maximum absolute atomic E-state index is 13.3. The highest BCUT2D eigenvalue weighted by Gasteiger charge is 2.17. The summed E-state index contributed by atoms with van der Waals surface area (Å²) in [5, 5.41) is 14.0. The average molecular weight is 456 g/mol. The molecule has 0 radical (unpaired) electrons. The van der Waals surface area contributed by atoms with Crippen molar-refractivity contribution < 1.29 is 4.39 Å². The van der Waals surface area contributed by atoms with E-state index in [-0.39, 0.29) is 5.82 Å². The summed E-state index contributed by atoms with van der Waals surface area (Å²) in [6, 6.07) is 17.6. The number of fused-ring (bicyclic) bond motifs is 1. The van der Waals surface area contributed by atoms with E-state index in [1.807, 2.05) is 29.2 Å². The molecule has 128 valence electrons. The second-order valence-corrected chi connectivity index (χ2v) is 5.29. The highest BCUT2D eigenvalue weighted by atomic mass is 127. The van der Waals surface area contributed by atoms with Crippen molar-refractivity contribution in [3.8, 4) is 28.5 Å². The van der Waals surface area contributed by atoms with Crippen LogP contribution in [0.15, 0.2) is 67.0 Å². The predicted octanol–water partition coefficient (Wildman–Crippen LogP) is 5.13. The number of aromatic nitrogens is 3. The predicted molar refractivity (Wildman–Crippen MR) is 108 cm³/mol. The summed E-state index contributed by atoms with van der Waals surface area (Å²) in [5.74, 6) is -0.300. The molecule has 6 heteroatoms. The van der Waals surface area contributed by atoms with Crippen LogP contribution in [-0.2, 0) is 0 Å². The molecule has 4 rings (SSSR count). The van der Waals surface area contributed by atoms with Gasteiger partial charge < -0.3 is 0 Å². The van der Waals surface area contributed by atoms with Crippen LogP contribution in [0, 0.1) is 17.1 Å². The van der Waals surface area contributed by atoms with Gasteiger partial charge in [0.15, 0.2) is 0 Å². The Bertz CT molecular complexity index is 1070. The molecule has 0 saturated carbocycles. The van der Waals surface area contributed by atoms with E-state index in [0.29, 0.717) is 11.4 Å². The van der Waals surface area contributed by atoms with Gasteiger partial charge in [-0.3, -0.25) is 4.98 Å². The lowest BCUT2D eigenvalue weighted by atomic mass is 10.0. The highest BCUT2D eigenvalue weighted by molar-refractivity contribution is 14.1. The minimum absolute atomic E-state index is 0.300. The zero-order chi connectivity index (χ0) is 18.5. The van der Waals surface area contributed by atoms with Crippen molar-refractivity contribution >= 4 is 28.1 Å². The molecule has 26 heavy (non-hydrogen) atoms. The molecule has 0 unspecified atom stereocenters. The van der Waals surface area contributed by atoms with Gasteiger partial charge in [-0.05, 0) is 59.0 Å². The molecule has 3 heterocycles. The van der Waals surface area contributed by atoms with E-state index in [0.717, 1.165) is 22.2 Å². The van der Waals surface area contributed by atoms with Crippen LogP contribution >= 0.6 is 22.6 Å². The molecule has 1 aromatic carbocycles. The van der Waals surface area contributed by atoms with Gasteiger partial charge in [0.2, 0.25) is 0 Å². The molecular formula is C20H14FIN4. The minimum atomic E-state index is -0.300. The van der Waals surface area contributed by atoms with Gasteiger partial charge in [0.1, 0.15) is 23.3 Å². The van der Waals surface area contributed by atoms with Crippen LogP contribution in [-0.4, -0.2) is 19.5 Å². The van der Waals surface area contributed by atoms with Gasteiger partial charge in [-0.25, -0.2) is 8.91 Å². The summed E-state index contributed by atoms with van der Waals surface area (Å²) in [5.41, 5.74) is 4.57. The molecule has 0 aliphatic rings. The average Bonchev–Trinajstić information content (AvgIpc) is 3.10. The van der Waals surface area contributed by atoms with Gasteiger partial charge in [-0.1, -0.05) is 28.7 Å². The van der Waals surface area contributed by atoms with E-state index in [2.05, 4.69) is 38.7 Å². The summed E-state index contributed by atoms with van der Waals surface area (Å²) >= 11 is 2.15. The largest absolute Gasteiger partial charge is 0.265 e. The Hall–Kier alpha value is -2.79. The van der Waals surface area contributed by atoms with E-state index in [1.54, 1.807) is 35.1 Å². The maximum atomic E-state index is 13.3. The van der Waals surface area contributed by atoms with E-state index in [4.69, 9.17) is 0 Å². The third kappa shape index (κ3) is 3.30. The SMILES string of the molecule is CI.N#Cc1cccc2c(-c3ccncc3)c(-c3ccc(F)cc3)nn12. The Morgan fingerprint density at radius 2 is 1.65 bits per heavy atom. The Morgan fingerprint density at radius 1 is 0.962 bits per heavy atom. The fourth-order valence-corrected chi connectivity index (χ4v) is 2.77. The number of benzene rings is 1. The van der Waals surface area contributed by atoms with Crippen LogP contribution in [0.5, 0.6) is 0 Å². The second-order valence-electron chi connectivity index (χ2n) is 5.29. The first-order valence-electron chi connectivity index (χ1n) is 7.74. The van der Waals surface area contributed by atoms with Crippen LogP contribution in [0.3, 0.4) is 0 Å². The van der Waals surface area contributed by atoms with Crippen molar-refractivity contribution in [1.29, 1.82) is 5.26 Å². The lowest BCUT2D eigenvalue weighted by Gasteiger charge is -2.03. The number of nitriles is 1. The normalized spacial score (nSPS) is 10.1. The Balaban J connectivity index is 0.000000948. The molecular weight excluding hydrogens is 442 g/mol. The molecule has 4 aromatic rings. The van der Waals surface area contributed by atoms with Gasteiger partial charge in [-0.2, -0.15) is 10.4 Å². The molecule has 0 aliphatic heterocycles. The standard InChI is InChI=1S/C19H11FN4.CH3I/c20-15-6-4-14(5-7-15)19-18(13-8-10-22-11-9-13)17-3-1-2-16(12-21)24(17)23-19;1-2/h1-11H;1H3. The molecule has 0 fully saturated rings. The van der Waals surface area contributed by atoms with Crippen molar-refractivity contribution in [2.24, 2.45) is 0 Å². The number of halogens is 2. The number of rotatable bonds is 2. The first-order valence-corrected chi connectivity index (χ1v) is 9.89. The minimum Gasteiger partial charge on any atom is -0.265 e. The molecule has 3 aromatic heterocycles. The molecule has 0 atom stereocenters. The van der Waals surface area contributed by atoms with E-state index in [1.165, 1.54) is 12.1 Å². The zero-order valence-corrected chi connectivity index (χ0v) is 16.1. The third-order valence-corrected chi connectivity index (χ3v) is 3.86. The van der Waals surface area contributed by atoms with Gasteiger partial charge in [-0.15, -0.1) is 0 Å². The third-order valence-electron chi connectivity index (χ3n) is 3.86. The summed E-state index contributed by atoms with van der Waals surface area (Å²) in [6.45, 7) is 0. The molecule has 0 amide bonds. The second kappa shape index (κ2) is 8.06. The van der Waals surface area contributed by atoms with Gasteiger partial charge in [0, 0.05) is 23.5 Å². The number of hydrogen-bond acceptors (Lipinski definition) is 3. The smallest absolute Gasteiger partial charge is 0.142 e. The number of hydrogen-bond donors (Lipinski definition) is 0. The first kappa shape index (κ1) is 18.0. The van der Waals surface area contributed by atoms with Crippen molar-refractivity contribution in [2.45, 2.75) is 0 Å². The van der Waals surface area contributed by atoms with Crippen LogP contribution in [0.25, 0.3) is 27.9 Å². The summed E-state index contributed by atoms with van der Waals surface area (Å²) in [4.78, 5) is 6.02. The monoisotopic (exact) mass is 456 g/mol. The fourth-order valence-electron chi connectivity index (χ4n) is 2.77. The topological polar surface area (TPSA) is 54.0 Å². The fraction of sp³-hybridized carbons (Fsp3) is 0.0500. The molecule has 4 nitrogen and oxygen atoms in total.